The zero-order valence-corrected chi connectivity index (χ0v) is 17.2. The summed E-state index contributed by atoms with van der Waals surface area (Å²) in [6.45, 7) is 4.14. The van der Waals surface area contributed by atoms with Gasteiger partial charge in [0.05, 0.1) is 6.54 Å². The minimum absolute atomic E-state index is 0.0310. The molecule has 0 spiro atoms. The SMILES string of the molecule is O=C1CN(CCCN2CCC(C(=O)c3ccc(F)cc3)CC2)Sc2ccccc21. The normalized spacial score (nSPS) is 18.6. The van der Waals surface area contributed by atoms with Gasteiger partial charge in [0.25, 0.3) is 0 Å². The highest BCUT2D eigenvalue weighted by atomic mass is 32.2. The Kier molecular flexibility index (Phi) is 6.43. The lowest BCUT2D eigenvalue weighted by Gasteiger charge is -2.32. The van der Waals surface area contributed by atoms with E-state index in [1.54, 1.807) is 24.1 Å². The monoisotopic (exact) mass is 412 g/mol. The third-order valence-electron chi connectivity index (χ3n) is 5.70. The van der Waals surface area contributed by atoms with E-state index in [1.165, 1.54) is 12.1 Å². The molecule has 4 nitrogen and oxygen atoms in total. The van der Waals surface area contributed by atoms with Crippen LogP contribution in [0.25, 0.3) is 0 Å². The van der Waals surface area contributed by atoms with Crippen LogP contribution in [0.5, 0.6) is 0 Å². The van der Waals surface area contributed by atoms with Crippen LogP contribution in [0.15, 0.2) is 53.4 Å². The van der Waals surface area contributed by atoms with E-state index >= 15 is 0 Å². The molecule has 0 aliphatic carbocycles. The number of carbonyl (C=O) groups excluding carboxylic acids is 2. The van der Waals surface area contributed by atoms with Crippen LogP contribution in [0.2, 0.25) is 0 Å². The second-order valence-corrected chi connectivity index (χ2v) is 8.85. The molecule has 2 aliphatic heterocycles. The summed E-state index contributed by atoms with van der Waals surface area (Å²) in [5.41, 5.74) is 1.44. The molecule has 0 radical (unpaired) electrons. The van der Waals surface area contributed by atoms with Crippen molar-refractivity contribution in [3.05, 3.63) is 65.5 Å². The largest absolute Gasteiger partial charge is 0.303 e. The molecule has 6 heteroatoms. The Balaban J connectivity index is 1.20. The first-order chi connectivity index (χ1) is 14.1. The number of hydrogen-bond acceptors (Lipinski definition) is 5. The first kappa shape index (κ1) is 20.3. The zero-order valence-electron chi connectivity index (χ0n) is 16.4. The molecule has 0 amide bonds. The van der Waals surface area contributed by atoms with E-state index in [2.05, 4.69) is 9.21 Å². The van der Waals surface area contributed by atoms with Crippen molar-refractivity contribution < 1.29 is 14.0 Å². The summed E-state index contributed by atoms with van der Waals surface area (Å²) in [7, 11) is 0. The fourth-order valence-electron chi connectivity index (χ4n) is 4.06. The van der Waals surface area contributed by atoms with Gasteiger partial charge in [-0.25, -0.2) is 8.70 Å². The molecule has 1 saturated heterocycles. The van der Waals surface area contributed by atoms with Crippen molar-refractivity contribution in [1.82, 2.24) is 9.21 Å². The number of rotatable bonds is 6. The average molecular weight is 413 g/mol. The zero-order chi connectivity index (χ0) is 20.2. The highest BCUT2D eigenvalue weighted by Gasteiger charge is 2.26. The van der Waals surface area contributed by atoms with Crippen molar-refractivity contribution in [2.75, 3.05) is 32.7 Å². The van der Waals surface area contributed by atoms with Crippen molar-refractivity contribution in [1.29, 1.82) is 0 Å². The van der Waals surface area contributed by atoms with Gasteiger partial charge in [0.15, 0.2) is 11.6 Å². The van der Waals surface area contributed by atoms with Crippen molar-refractivity contribution in [3.63, 3.8) is 0 Å². The second kappa shape index (κ2) is 9.20. The van der Waals surface area contributed by atoms with E-state index in [9.17, 15) is 14.0 Å². The lowest BCUT2D eigenvalue weighted by Crippen LogP contribution is -2.38. The molecule has 0 saturated carbocycles. The fraction of sp³-hybridized carbons (Fsp3) is 0.391. The number of piperidine rings is 1. The molecule has 2 heterocycles. The summed E-state index contributed by atoms with van der Waals surface area (Å²) in [4.78, 5) is 28.3. The lowest BCUT2D eigenvalue weighted by molar-refractivity contribution is 0.0838. The van der Waals surface area contributed by atoms with Gasteiger partial charge in [-0.05, 0) is 81.2 Å². The summed E-state index contributed by atoms with van der Waals surface area (Å²) >= 11 is 1.67. The summed E-state index contributed by atoms with van der Waals surface area (Å²) < 4.78 is 15.2. The quantitative estimate of drug-likeness (QED) is 0.522. The molecule has 0 atom stereocenters. The Morgan fingerprint density at radius 3 is 2.52 bits per heavy atom. The smallest absolute Gasteiger partial charge is 0.178 e. The maximum Gasteiger partial charge on any atom is 0.178 e. The molecule has 0 aromatic heterocycles. The topological polar surface area (TPSA) is 40.6 Å². The minimum atomic E-state index is -0.312. The molecule has 152 valence electrons. The molecule has 2 aliphatic rings. The van der Waals surface area contributed by atoms with Gasteiger partial charge >= 0.3 is 0 Å². The number of halogens is 1. The number of likely N-dealkylation sites (tertiary alicyclic amines) is 1. The van der Waals surface area contributed by atoms with Crippen LogP contribution in [0.3, 0.4) is 0 Å². The van der Waals surface area contributed by atoms with E-state index in [-0.39, 0.29) is 23.3 Å². The Morgan fingerprint density at radius 2 is 1.76 bits per heavy atom. The molecular weight excluding hydrogens is 387 g/mol. The Hall–Kier alpha value is -2.02. The number of ketones is 2. The first-order valence-electron chi connectivity index (χ1n) is 10.2. The molecule has 0 bridgehead atoms. The summed E-state index contributed by atoms with van der Waals surface area (Å²) in [5.74, 6) is 0.0444. The van der Waals surface area contributed by atoms with Gasteiger partial charge in [0.2, 0.25) is 0 Å². The van der Waals surface area contributed by atoms with Gasteiger partial charge in [-0.2, -0.15) is 0 Å². The van der Waals surface area contributed by atoms with Crippen LogP contribution in [-0.2, 0) is 0 Å². The summed E-state index contributed by atoms with van der Waals surface area (Å²) in [5, 5.41) is 0. The Labute approximate surface area is 175 Å². The van der Waals surface area contributed by atoms with E-state index in [0.29, 0.717) is 12.1 Å². The van der Waals surface area contributed by atoms with Crippen LogP contribution >= 0.6 is 11.9 Å². The van der Waals surface area contributed by atoms with Crippen LogP contribution in [0.4, 0.5) is 4.39 Å². The molecule has 0 N–H and O–H groups in total. The van der Waals surface area contributed by atoms with Gasteiger partial charge in [0.1, 0.15) is 5.82 Å². The average Bonchev–Trinajstić information content (AvgIpc) is 2.74. The van der Waals surface area contributed by atoms with E-state index in [1.807, 2.05) is 24.3 Å². The standard InChI is InChI=1S/C23H25FN2O2S/c24-19-8-6-17(7-9-19)23(28)18-10-14-25(15-11-18)12-3-13-26-16-21(27)20-4-1-2-5-22(20)29-26/h1-2,4-9,18H,3,10-16H2. The van der Waals surface area contributed by atoms with Gasteiger partial charge in [-0.1, -0.05) is 18.2 Å². The maximum absolute atomic E-state index is 13.0. The number of Topliss-reactive ketones (excluding diaryl/α,β-unsaturated/α-hetero) is 2. The summed E-state index contributed by atoms with van der Waals surface area (Å²) in [6.07, 6.45) is 2.69. The van der Waals surface area contributed by atoms with Crippen LogP contribution < -0.4 is 0 Å². The molecule has 4 rings (SSSR count). The second-order valence-electron chi connectivity index (χ2n) is 7.71. The van der Waals surface area contributed by atoms with Gasteiger partial charge in [-0.15, -0.1) is 0 Å². The Morgan fingerprint density at radius 1 is 1.03 bits per heavy atom. The van der Waals surface area contributed by atoms with Crippen LogP contribution in [0.1, 0.15) is 40.0 Å². The third-order valence-corrected chi connectivity index (χ3v) is 6.83. The van der Waals surface area contributed by atoms with Gasteiger partial charge in [0, 0.05) is 28.5 Å². The van der Waals surface area contributed by atoms with Crippen molar-refractivity contribution in [2.45, 2.75) is 24.2 Å². The molecule has 2 aromatic carbocycles. The molecular formula is C23H25FN2O2S. The highest BCUT2D eigenvalue weighted by molar-refractivity contribution is 7.97. The van der Waals surface area contributed by atoms with Crippen molar-refractivity contribution >= 4 is 23.5 Å². The lowest BCUT2D eigenvalue weighted by atomic mass is 9.89. The van der Waals surface area contributed by atoms with Crippen LogP contribution in [-0.4, -0.2) is 53.5 Å². The predicted octanol–water partition coefficient (Wildman–Crippen LogP) is 4.32. The molecule has 29 heavy (non-hydrogen) atoms. The van der Waals surface area contributed by atoms with E-state index in [4.69, 9.17) is 0 Å². The van der Waals surface area contributed by atoms with Crippen molar-refractivity contribution in [2.24, 2.45) is 5.92 Å². The van der Waals surface area contributed by atoms with E-state index < -0.39 is 0 Å². The number of fused-ring (bicyclic) bond motifs is 1. The predicted molar refractivity (Wildman–Crippen MR) is 113 cm³/mol. The highest BCUT2D eigenvalue weighted by Crippen LogP contribution is 2.31. The fourth-order valence-corrected chi connectivity index (χ4v) is 5.16. The van der Waals surface area contributed by atoms with Crippen LogP contribution in [0, 0.1) is 11.7 Å². The molecule has 0 unspecified atom stereocenters. The van der Waals surface area contributed by atoms with Gasteiger partial charge < -0.3 is 4.90 Å². The third kappa shape index (κ3) is 4.94. The Bertz CT molecular complexity index is 879. The molecule has 1 fully saturated rings. The number of hydrogen-bond donors (Lipinski definition) is 0. The first-order valence-corrected chi connectivity index (χ1v) is 10.9. The van der Waals surface area contributed by atoms with Gasteiger partial charge in [-0.3, -0.25) is 9.59 Å². The summed E-state index contributed by atoms with van der Waals surface area (Å²) in [6, 6.07) is 13.7. The number of benzene rings is 2. The van der Waals surface area contributed by atoms with E-state index in [0.717, 1.165) is 55.9 Å². The number of carbonyl (C=O) groups is 2. The molecule has 2 aromatic rings. The number of nitrogens with zero attached hydrogens (tertiary/aromatic N) is 2. The minimum Gasteiger partial charge on any atom is -0.303 e. The van der Waals surface area contributed by atoms with Crippen molar-refractivity contribution in [3.8, 4) is 0 Å². The maximum atomic E-state index is 13.0.